The molecule has 4 aliphatic rings. The second-order valence-corrected chi connectivity index (χ2v) is 11.7. The zero-order valence-corrected chi connectivity index (χ0v) is 18.8. The van der Waals surface area contributed by atoms with Gasteiger partial charge in [-0.15, -0.1) is 0 Å². The first-order valence-electron chi connectivity index (χ1n) is 10.9. The summed E-state index contributed by atoms with van der Waals surface area (Å²) in [7, 11) is 1.65. The molecule has 1 amide bonds. The van der Waals surface area contributed by atoms with Crippen LogP contribution in [0.25, 0.3) is 21.9 Å². The minimum Gasteiger partial charge on any atom is -0.495 e. The average molecular weight is 468 g/mol. The molecule has 4 bridgehead atoms. The third-order valence-electron chi connectivity index (χ3n) is 7.62. The van der Waals surface area contributed by atoms with E-state index in [1.807, 2.05) is 36.4 Å². The Labute approximate surface area is 184 Å². The quantitative estimate of drug-likeness (QED) is 0.436. The van der Waals surface area contributed by atoms with Crippen LogP contribution in [0, 0.1) is 17.3 Å². The lowest BCUT2D eigenvalue weighted by Gasteiger charge is -2.60. The normalized spacial score (nSPS) is 32.1. The predicted molar refractivity (Wildman–Crippen MR) is 122 cm³/mol. The van der Waals surface area contributed by atoms with Crippen LogP contribution in [-0.4, -0.2) is 17.3 Å². The number of halogens is 1. The van der Waals surface area contributed by atoms with Gasteiger partial charge in [-0.25, -0.2) is 0 Å². The summed E-state index contributed by atoms with van der Waals surface area (Å²) < 4.78 is 11.9. The zero-order valence-electron chi connectivity index (χ0n) is 17.2. The number of para-hydroxylation sites is 1. The average Bonchev–Trinajstić information content (AvgIpc) is 3.02. The van der Waals surface area contributed by atoms with E-state index in [2.05, 4.69) is 21.2 Å². The van der Waals surface area contributed by atoms with E-state index in [0.29, 0.717) is 17.9 Å². The van der Waals surface area contributed by atoms with Crippen molar-refractivity contribution in [3.63, 3.8) is 0 Å². The number of fused-ring (bicyclic) bond motifs is 3. The van der Waals surface area contributed by atoms with Gasteiger partial charge in [0.25, 0.3) is 0 Å². The Bertz CT molecular complexity index is 1150. The number of benzene rings is 2. The van der Waals surface area contributed by atoms with E-state index >= 15 is 0 Å². The maximum atomic E-state index is 13.2. The van der Waals surface area contributed by atoms with Crippen molar-refractivity contribution in [2.45, 2.75) is 49.3 Å². The first kappa shape index (κ1) is 18.7. The Morgan fingerprint density at radius 2 is 1.90 bits per heavy atom. The highest BCUT2D eigenvalue weighted by Crippen LogP contribution is 2.65. The van der Waals surface area contributed by atoms with Crippen LogP contribution in [0.3, 0.4) is 0 Å². The fraction of sp³-hybridized carbons (Fsp3) is 0.480. The van der Waals surface area contributed by atoms with Gasteiger partial charge in [0.2, 0.25) is 5.91 Å². The number of amides is 1. The summed E-state index contributed by atoms with van der Waals surface area (Å²) in [5, 5.41) is 5.20. The number of anilines is 1. The van der Waals surface area contributed by atoms with Crippen LogP contribution in [0.5, 0.6) is 5.75 Å². The molecule has 3 aromatic rings. The lowest BCUT2D eigenvalue weighted by molar-refractivity contribution is -0.123. The molecule has 4 fully saturated rings. The molecule has 0 spiro atoms. The Kier molecular flexibility index (Phi) is 4.05. The van der Waals surface area contributed by atoms with E-state index in [1.54, 1.807) is 7.11 Å². The summed E-state index contributed by atoms with van der Waals surface area (Å²) in [6.07, 6.45) is 8.03. The summed E-state index contributed by atoms with van der Waals surface area (Å²) >= 11 is 4.05. The molecule has 0 aliphatic heterocycles. The number of hydrogen-bond donors (Lipinski definition) is 1. The highest BCUT2D eigenvalue weighted by Gasteiger charge is 2.57. The van der Waals surface area contributed by atoms with Gasteiger partial charge in [-0.2, -0.15) is 0 Å². The fourth-order valence-electron chi connectivity index (χ4n) is 7.10. The van der Waals surface area contributed by atoms with E-state index in [-0.39, 0.29) is 15.6 Å². The zero-order chi connectivity index (χ0) is 20.5. The summed E-state index contributed by atoms with van der Waals surface area (Å²) in [4.78, 5) is 13.2. The molecule has 0 unspecified atom stereocenters. The van der Waals surface area contributed by atoms with Gasteiger partial charge in [0.15, 0.2) is 0 Å². The molecule has 30 heavy (non-hydrogen) atoms. The molecular weight excluding hydrogens is 442 g/mol. The number of nitrogens with one attached hydrogen (secondary N) is 1. The number of alkyl halides is 1. The first-order chi connectivity index (χ1) is 14.4. The van der Waals surface area contributed by atoms with Gasteiger partial charge in [0, 0.05) is 27.6 Å². The summed E-state index contributed by atoms with van der Waals surface area (Å²) in [5.74, 6) is 2.31. The molecule has 4 saturated carbocycles. The van der Waals surface area contributed by atoms with Gasteiger partial charge < -0.3 is 14.5 Å². The Morgan fingerprint density at radius 1 is 1.13 bits per heavy atom. The molecule has 5 heteroatoms. The molecule has 7 rings (SSSR count). The van der Waals surface area contributed by atoms with Crippen molar-refractivity contribution in [2.24, 2.45) is 17.3 Å². The molecular formula is C25H26BrNO3. The van der Waals surface area contributed by atoms with Crippen LogP contribution in [0.15, 0.2) is 40.8 Å². The van der Waals surface area contributed by atoms with E-state index in [0.717, 1.165) is 40.2 Å². The highest BCUT2D eigenvalue weighted by atomic mass is 79.9. The first-order valence-corrected chi connectivity index (χ1v) is 11.7. The highest BCUT2D eigenvalue weighted by molar-refractivity contribution is 9.10. The SMILES string of the molecule is COc1cc2c(cc1NC(=O)CC13C[C@H]4C[C@@H](CC(Br)(C4)C1)C3)oc1ccccc12. The van der Waals surface area contributed by atoms with Gasteiger partial charge in [-0.1, -0.05) is 34.1 Å². The minimum atomic E-state index is 0.0850. The minimum absolute atomic E-state index is 0.0850. The number of rotatable bonds is 4. The summed E-state index contributed by atoms with van der Waals surface area (Å²) in [6, 6.07) is 11.8. The molecule has 1 heterocycles. The molecule has 4 nitrogen and oxygen atoms in total. The van der Waals surface area contributed by atoms with Gasteiger partial charge >= 0.3 is 0 Å². The van der Waals surface area contributed by atoms with Crippen molar-refractivity contribution < 1.29 is 13.9 Å². The lowest BCUT2D eigenvalue weighted by Crippen LogP contribution is -2.53. The number of carbonyl (C=O) groups is 1. The van der Waals surface area contributed by atoms with E-state index < -0.39 is 0 Å². The number of furan rings is 1. The van der Waals surface area contributed by atoms with Crippen LogP contribution in [0.1, 0.15) is 44.9 Å². The van der Waals surface area contributed by atoms with Gasteiger partial charge in [0.05, 0.1) is 12.8 Å². The summed E-state index contributed by atoms with van der Waals surface area (Å²) in [6.45, 7) is 0. The standard InChI is InChI=1S/C25H26BrNO3/c1-29-22-7-18-17-4-2-3-5-20(17)30-21(18)8-19(22)27-23(28)13-24-9-15-6-16(10-24)12-25(26,11-15)14-24/h2-5,7-8,15-16H,6,9-14H2,1H3,(H,27,28)/t15-,16-,24?,25?/m1/s1. The summed E-state index contributed by atoms with van der Waals surface area (Å²) in [5.41, 5.74) is 2.44. The molecule has 2 atom stereocenters. The molecule has 1 aromatic heterocycles. The van der Waals surface area contributed by atoms with Crippen molar-refractivity contribution in [2.75, 3.05) is 12.4 Å². The molecule has 156 valence electrons. The Balaban J connectivity index is 1.29. The molecule has 0 saturated heterocycles. The van der Waals surface area contributed by atoms with Gasteiger partial charge in [-0.3, -0.25) is 4.79 Å². The second-order valence-electron chi connectivity index (χ2n) is 9.98. The predicted octanol–water partition coefficient (Wildman–Crippen LogP) is 6.66. The fourth-order valence-corrected chi connectivity index (χ4v) is 8.61. The molecule has 0 radical (unpaired) electrons. The Hall–Kier alpha value is -2.01. The van der Waals surface area contributed by atoms with Crippen molar-refractivity contribution in [1.29, 1.82) is 0 Å². The van der Waals surface area contributed by atoms with Crippen molar-refractivity contribution in [1.82, 2.24) is 0 Å². The smallest absolute Gasteiger partial charge is 0.225 e. The number of ether oxygens (including phenoxy) is 1. The molecule has 1 N–H and O–H groups in total. The van der Waals surface area contributed by atoms with E-state index in [9.17, 15) is 4.79 Å². The maximum Gasteiger partial charge on any atom is 0.225 e. The van der Waals surface area contributed by atoms with Crippen molar-refractivity contribution in [3.05, 3.63) is 36.4 Å². The van der Waals surface area contributed by atoms with Crippen LogP contribution in [0.2, 0.25) is 0 Å². The van der Waals surface area contributed by atoms with Crippen molar-refractivity contribution >= 4 is 49.5 Å². The topological polar surface area (TPSA) is 51.5 Å². The molecule has 2 aromatic carbocycles. The number of hydrogen-bond acceptors (Lipinski definition) is 3. The second kappa shape index (κ2) is 6.49. The largest absolute Gasteiger partial charge is 0.495 e. The van der Waals surface area contributed by atoms with Gasteiger partial charge in [0.1, 0.15) is 16.9 Å². The monoisotopic (exact) mass is 467 g/mol. The van der Waals surface area contributed by atoms with Crippen LogP contribution in [-0.2, 0) is 4.79 Å². The third kappa shape index (κ3) is 2.96. The van der Waals surface area contributed by atoms with Crippen LogP contribution in [0.4, 0.5) is 5.69 Å². The third-order valence-corrected chi connectivity index (χ3v) is 8.55. The number of methoxy groups -OCH3 is 1. The van der Waals surface area contributed by atoms with Crippen LogP contribution >= 0.6 is 15.9 Å². The van der Waals surface area contributed by atoms with Crippen LogP contribution < -0.4 is 10.1 Å². The van der Waals surface area contributed by atoms with E-state index in [4.69, 9.17) is 9.15 Å². The lowest BCUT2D eigenvalue weighted by atomic mass is 9.48. The maximum absolute atomic E-state index is 13.2. The molecule has 4 aliphatic carbocycles. The van der Waals surface area contributed by atoms with E-state index in [1.165, 1.54) is 32.1 Å². The van der Waals surface area contributed by atoms with Gasteiger partial charge in [-0.05, 0) is 67.9 Å². The van der Waals surface area contributed by atoms with Crippen molar-refractivity contribution in [3.8, 4) is 5.75 Å². The Morgan fingerprint density at radius 3 is 2.63 bits per heavy atom. The number of carbonyl (C=O) groups excluding carboxylic acids is 1.